The van der Waals surface area contributed by atoms with Gasteiger partial charge in [0.15, 0.2) is 0 Å². The summed E-state index contributed by atoms with van der Waals surface area (Å²) in [6, 6.07) is 21.7. The number of hydrogen-bond donors (Lipinski definition) is 1. The molecule has 0 saturated heterocycles. The van der Waals surface area contributed by atoms with E-state index in [0.717, 1.165) is 36.2 Å². The maximum Gasteiger partial charge on any atom is 0.275 e. The van der Waals surface area contributed by atoms with Gasteiger partial charge in [0.1, 0.15) is 11.5 Å². The number of hydrogen-bond acceptors (Lipinski definition) is 5. The van der Waals surface area contributed by atoms with Gasteiger partial charge in [-0.05, 0) is 87.0 Å². The van der Waals surface area contributed by atoms with Crippen LogP contribution >= 0.6 is 0 Å². The van der Waals surface area contributed by atoms with Crippen molar-refractivity contribution in [1.82, 2.24) is 9.78 Å². The van der Waals surface area contributed by atoms with E-state index in [0.29, 0.717) is 34.8 Å². The topological polar surface area (TPSA) is 99.3 Å². The molecule has 4 saturated carbocycles. The number of carbonyl (C=O) groups excluding carboxylic acids is 1. The van der Waals surface area contributed by atoms with Crippen molar-refractivity contribution in [2.45, 2.75) is 50.9 Å². The molecule has 41 heavy (non-hydrogen) atoms. The molecule has 8 rings (SSSR count). The van der Waals surface area contributed by atoms with Crippen LogP contribution in [-0.2, 0) is 5.41 Å². The van der Waals surface area contributed by atoms with E-state index in [4.69, 9.17) is 9.84 Å². The van der Waals surface area contributed by atoms with Crippen LogP contribution in [-0.4, -0.2) is 20.6 Å². The highest BCUT2D eigenvalue weighted by Gasteiger charge is 2.54. The monoisotopic (exact) mass is 548 g/mol. The smallest absolute Gasteiger partial charge is 0.275 e. The normalized spacial score (nSPS) is 24.3. The molecule has 0 atom stereocenters. The highest BCUT2D eigenvalue weighted by Crippen LogP contribution is 2.61. The molecule has 3 aromatic carbocycles. The minimum absolute atomic E-state index is 0.108. The van der Waals surface area contributed by atoms with Crippen molar-refractivity contribution >= 4 is 17.3 Å². The molecule has 4 bridgehead atoms. The Labute approximate surface area is 238 Å². The van der Waals surface area contributed by atoms with Crippen LogP contribution in [0.5, 0.6) is 11.5 Å². The van der Waals surface area contributed by atoms with Crippen molar-refractivity contribution in [1.29, 1.82) is 0 Å². The minimum Gasteiger partial charge on any atom is -0.457 e. The number of nitrogens with one attached hydrogen (secondary N) is 1. The number of nitrogens with zero attached hydrogens (tertiary/aromatic N) is 3. The van der Waals surface area contributed by atoms with Crippen molar-refractivity contribution in [2.75, 3.05) is 5.32 Å². The zero-order chi connectivity index (χ0) is 28.1. The molecule has 0 radical (unpaired) electrons. The van der Waals surface area contributed by atoms with Crippen LogP contribution in [0, 0.1) is 34.8 Å². The van der Waals surface area contributed by atoms with Crippen LogP contribution in [0.25, 0.3) is 5.69 Å². The number of carbonyl (C=O) groups is 1. The van der Waals surface area contributed by atoms with E-state index in [2.05, 4.69) is 5.32 Å². The first kappa shape index (κ1) is 25.5. The number of anilines is 1. The fourth-order valence-corrected chi connectivity index (χ4v) is 7.86. The first-order valence-electron chi connectivity index (χ1n) is 14.4. The Morgan fingerprint density at radius 2 is 1.63 bits per heavy atom. The first-order chi connectivity index (χ1) is 19.8. The average Bonchev–Trinajstić information content (AvgIpc) is 3.41. The Kier molecular flexibility index (Phi) is 6.14. The van der Waals surface area contributed by atoms with Crippen molar-refractivity contribution < 1.29 is 14.5 Å². The number of para-hydroxylation sites is 2. The van der Waals surface area contributed by atoms with E-state index in [1.165, 1.54) is 31.4 Å². The number of ether oxygens (including phenoxy) is 1. The van der Waals surface area contributed by atoms with E-state index in [1.54, 1.807) is 6.07 Å². The largest absolute Gasteiger partial charge is 0.457 e. The van der Waals surface area contributed by atoms with Crippen molar-refractivity contribution in [3.05, 3.63) is 106 Å². The molecule has 1 heterocycles. The fourth-order valence-electron chi connectivity index (χ4n) is 7.86. The van der Waals surface area contributed by atoms with E-state index >= 15 is 0 Å². The molecule has 4 fully saturated rings. The molecule has 0 unspecified atom stereocenters. The Bertz CT molecular complexity index is 1610. The number of aromatic nitrogens is 2. The molecule has 0 spiro atoms. The molecule has 0 aliphatic heterocycles. The third-order valence-corrected chi connectivity index (χ3v) is 9.20. The lowest BCUT2D eigenvalue weighted by Crippen LogP contribution is -2.49. The summed E-state index contributed by atoms with van der Waals surface area (Å²) in [5.74, 6) is 2.63. The zero-order valence-corrected chi connectivity index (χ0v) is 23.0. The molecule has 1 amide bonds. The second kappa shape index (κ2) is 9.87. The third kappa shape index (κ3) is 4.77. The number of aryl methyl sites for hydroxylation is 1. The van der Waals surface area contributed by atoms with Crippen molar-refractivity contribution in [2.24, 2.45) is 17.8 Å². The van der Waals surface area contributed by atoms with Gasteiger partial charge in [-0.2, -0.15) is 5.10 Å². The molecule has 1 aromatic heterocycles. The van der Waals surface area contributed by atoms with E-state index < -0.39 is 4.92 Å². The molecule has 4 aromatic rings. The number of amides is 1. The Balaban J connectivity index is 1.26. The van der Waals surface area contributed by atoms with Gasteiger partial charge in [-0.15, -0.1) is 0 Å². The van der Waals surface area contributed by atoms with Crippen LogP contribution in [0.1, 0.15) is 60.1 Å². The van der Waals surface area contributed by atoms with Gasteiger partial charge in [-0.3, -0.25) is 14.9 Å². The molecule has 1 N–H and O–H groups in total. The van der Waals surface area contributed by atoms with Gasteiger partial charge in [0.05, 0.1) is 33.6 Å². The molecular formula is C33H32N4O4. The second-order valence-electron chi connectivity index (χ2n) is 12.2. The van der Waals surface area contributed by atoms with E-state index in [-0.39, 0.29) is 22.8 Å². The predicted octanol–water partition coefficient (Wildman–Crippen LogP) is 7.60. The van der Waals surface area contributed by atoms with E-state index in [9.17, 15) is 14.9 Å². The van der Waals surface area contributed by atoms with Crippen molar-refractivity contribution in [3.63, 3.8) is 0 Å². The lowest BCUT2D eigenvalue weighted by molar-refractivity contribution is -0.384. The van der Waals surface area contributed by atoms with Gasteiger partial charge >= 0.3 is 0 Å². The SMILES string of the molecule is Cc1ccccc1Oc1cc(NC(=O)c2cn(-c3ccccc3)nc2C23CC4CC(CC(C4)C2)C3)cc([N+](=O)[O-])c1. The summed E-state index contributed by atoms with van der Waals surface area (Å²) in [6.07, 6.45) is 8.89. The molecule has 8 heteroatoms. The van der Waals surface area contributed by atoms with Crippen molar-refractivity contribution in [3.8, 4) is 17.2 Å². The summed E-state index contributed by atoms with van der Waals surface area (Å²) in [5.41, 5.74) is 3.22. The summed E-state index contributed by atoms with van der Waals surface area (Å²) in [4.78, 5) is 25.3. The van der Waals surface area contributed by atoms with Crippen LogP contribution in [0.15, 0.2) is 79.0 Å². The second-order valence-corrected chi connectivity index (χ2v) is 12.2. The number of rotatable bonds is 7. The summed E-state index contributed by atoms with van der Waals surface area (Å²) >= 11 is 0. The fraction of sp³-hybridized carbons (Fsp3) is 0.333. The van der Waals surface area contributed by atoms with Gasteiger partial charge in [0.25, 0.3) is 11.6 Å². The highest BCUT2D eigenvalue weighted by atomic mass is 16.6. The molecule has 208 valence electrons. The summed E-state index contributed by atoms with van der Waals surface area (Å²) in [6.45, 7) is 1.91. The Hall–Kier alpha value is -4.46. The summed E-state index contributed by atoms with van der Waals surface area (Å²) < 4.78 is 7.81. The average molecular weight is 549 g/mol. The number of non-ortho nitro benzene ring substituents is 1. The lowest BCUT2D eigenvalue weighted by atomic mass is 9.48. The third-order valence-electron chi connectivity index (χ3n) is 9.20. The molecule has 4 aliphatic rings. The predicted molar refractivity (Wildman–Crippen MR) is 156 cm³/mol. The zero-order valence-electron chi connectivity index (χ0n) is 23.0. The minimum atomic E-state index is -0.478. The quantitative estimate of drug-likeness (QED) is 0.189. The van der Waals surface area contributed by atoms with Gasteiger partial charge < -0.3 is 10.1 Å². The molecule has 4 aliphatic carbocycles. The number of nitro benzene ring substituents is 1. The Morgan fingerprint density at radius 1 is 0.976 bits per heavy atom. The Morgan fingerprint density at radius 3 is 2.29 bits per heavy atom. The highest BCUT2D eigenvalue weighted by molar-refractivity contribution is 6.05. The van der Waals surface area contributed by atoms with Gasteiger partial charge in [0, 0.05) is 23.7 Å². The molecular weight excluding hydrogens is 516 g/mol. The van der Waals surface area contributed by atoms with E-state index in [1.807, 2.05) is 72.4 Å². The maximum absolute atomic E-state index is 14.0. The number of benzene rings is 3. The lowest BCUT2D eigenvalue weighted by Gasteiger charge is -2.56. The summed E-state index contributed by atoms with van der Waals surface area (Å²) in [5, 5.41) is 19.8. The number of nitro groups is 1. The molecule has 8 nitrogen and oxygen atoms in total. The van der Waals surface area contributed by atoms with Crippen LogP contribution in [0.4, 0.5) is 11.4 Å². The van der Waals surface area contributed by atoms with Gasteiger partial charge in [-0.1, -0.05) is 36.4 Å². The summed E-state index contributed by atoms with van der Waals surface area (Å²) in [7, 11) is 0. The van der Waals surface area contributed by atoms with Gasteiger partial charge in [0.2, 0.25) is 0 Å². The first-order valence-corrected chi connectivity index (χ1v) is 14.4. The van der Waals surface area contributed by atoms with Gasteiger partial charge in [-0.25, -0.2) is 4.68 Å². The van der Waals surface area contributed by atoms with Crippen LogP contribution in [0.2, 0.25) is 0 Å². The van der Waals surface area contributed by atoms with Crippen LogP contribution in [0.3, 0.4) is 0 Å². The maximum atomic E-state index is 14.0. The standard InChI is InChI=1S/C33H32N4O4/c1-21-7-5-6-10-30(21)41-28-15-25(14-27(16-28)37(39)40)34-32(38)29-20-36(26-8-3-2-4-9-26)35-31(29)33-17-22-11-23(18-33)13-24(12-22)19-33/h2-10,14-16,20,22-24H,11-13,17-19H2,1H3,(H,34,38). The van der Waals surface area contributed by atoms with Crippen LogP contribution < -0.4 is 10.1 Å².